The molecule has 1 amide bonds. The van der Waals surface area contributed by atoms with Gasteiger partial charge in [-0.2, -0.15) is 0 Å². The van der Waals surface area contributed by atoms with Gasteiger partial charge in [0.05, 0.1) is 19.1 Å². The number of ether oxygens (including phenoxy) is 2. The van der Waals surface area contributed by atoms with Crippen LogP contribution in [-0.2, 0) is 14.3 Å². The van der Waals surface area contributed by atoms with Crippen molar-refractivity contribution in [1.82, 2.24) is 4.90 Å². The normalized spacial score (nSPS) is 16.8. The second-order valence-electron chi connectivity index (χ2n) is 4.98. The smallest absolute Gasteiger partial charge is 0.409 e. The van der Waals surface area contributed by atoms with Gasteiger partial charge in [-0.1, -0.05) is 13.8 Å². The highest BCUT2D eigenvalue weighted by molar-refractivity contribution is 5.73. The fourth-order valence-electron chi connectivity index (χ4n) is 1.88. The Morgan fingerprint density at radius 3 is 2.33 bits per heavy atom. The van der Waals surface area contributed by atoms with Crippen LogP contribution in [0.3, 0.4) is 0 Å². The maximum absolute atomic E-state index is 11.7. The van der Waals surface area contributed by atoms with Gasteiger partial charge >= 0.3 is 12.1 Å². The molecule has 0 unspecified atom stereocenters. The van der Waals surface area contributed by atoms with E-state index < -0.39 is 0 Å². The van der Waals surface area contributed by atoms with E-state index in [0.717, 1.165) is 0 Å². The number of carbonyl (C=O) groups excluding carboxylic acids is 2. The van der Waals surface area contributed by atoms with E-state index in [0.29, 0.717) is 45.1 Å². The highest BCUT2D eigenvalue weighted by atomic mass is 16.6. The summed E-state index contributed by atoms with van der Waals surface area (Å²) in [5.41, 5.74) is 0. The number of piperidine rings is 1. The van der Waals surface area contributed by atoms with Crippen molar-refractivity contribution in [1.29, 1.82) is 0 Å². The lowest BCUT2D eigenvalue weighted by Gasteiger charge is -2.30. The van der Waals surface area contributed by atoms with Gasteiger partial charge in [0.2, 0.25) is 0 Å². The zero-order valence-electron chi connectivity index (χ0n) is 11.5. The zero-order chi connectivity index (χ0) is 13.5. The molecule has 0 saturated carbocycles. The summed E-state index contributed by atoms with van der Waals surface area (Å²) in [7, 11) is 0. The first-order valence-electron chi connectivity index (χ1n) is 6.63. The number of likely N-dealkylation sites (tertiary alicyclic amines) is 1. The van der Waals surface area contributed by atoms with E-state index in [2.05, 4.69) is 0 Å². The fraction of sp³-hybridized carbons (Fsp3) is 0.846. The van der Waals surface area contributed by atoms with Gasteiger partial charge < -0.3 is 14.4 Å². The molecule has 1 rings (SSSR count). The Bertz CT molecular complexity index is 283. The van der Waals surface area contributed by atoms with Gasteiger partial charge in [0.1, 0.15) is 0 Å². The standard InChI is InChI=1S/C13H23NO4/c1-4-17-13(16)14-7-5-11(6-8-14)12(15)18-9-10(2)3/h10-11H,4-9H2,1-3H3. The first-order valence-corrected chi connectivity index (χ1v) is 6.63. The molecule has 0 radical (unpaired) electrons. The molecule has 0 N–H and O–H groups in total. The topological polar surface area (TPSA) is 55.8 Å². The van der Waals surface area contributed by atoms with E-state index in [-0.39, 0.29) is 18.0 Å². The van der Waals surface area contributed by atoms with Crippen molar-refractivity contribution >= 4 is 12.1 Å². The molecule has 0 spiro atoms. The van der Waals surface area contributed by atoms with Gasteiger partial charge in [-0.05, 0) is 25.7 Å². The molecule has 0 aromatic heterocycles. The summed E-state index contributed by atoms with van der Waals surface area (Å²) in [6.45, 7) is 7.80. The van der Waals surface area contributed by atoms with Crippen LogP contribution < -0.4 is 0 Å². The molecule has 104 valence electrons. The molecule has 1 fully saturated rings. The lowest BCUT2D eigenvalue weighted by Crippen LogP contribution is -2.41. The minimum Gasteiger partial charge on any atom is -0.465 e. The predicted octanol–water partition coefficient (Wildman–Crippen LogP) is 2.05. The monoisotopic (exact) mass is 257 g/mol. The number of hydrogen-bond donors (Lipinski definition) is 0. The number of amides is 1. The Balaban J connectivity index is 2.30. The van der Waals surface area contributed by atoms with Crippen LogP contribution >= 0.6 is 0 Å². The number of rotatable bonds is 4. The van der Waals surface area contributed by atoms with Gasteiger partial charge in [0.15, 0.2) is 0 Å². The number of esters is 1. The average molecular weight is 257 g/mol. The summed E-state index contributed by atoms with van der Waals surface area (Å²) in [4.78, 5) is 24.9. The van der Waals surface area contributed by atoms with Crippen molar-refractivity contribution in [3.63, 3.8) is 0 Å². The molecule has 0 aromatic rings. The van der Waals surface area contributed by atoms with Crippen LogP contribution in [0.25, 0.3) is 0 Å². The van der Waals surface area contributed by atoms with E-state index in [1.165, 1.54) is 0 Å². The van der Waals surface area contributed by atoms with Crippen LogP contribution in [-0.4, -0.2) is 43.3 Å². The third kappa shape index (κ3) is 4.55. The molecule has 1 saturated heterocycles. The minimum absolute atomic E-state index is 0.0746. The van der Waals surface area contributed by atoms with Gasteiger partial charge in [-0.3, -0.25) is 4.79 Å². The molecule has 0 aliphatic carbocycles. The van der Waals surface area contributed by atoms with Gasteiger partial charge in [-0.15, -0.1) is 0 Å². The summed E-state index contributed by atoms with van der Waals surface area (Å²) >= 11 is 0. The Kier molecular flexibility index (Phi) is 5.95. The first-order chi connectivity index (χ1) is 8.54. The molecule has 1 heterocycles. The largest absolute Gasteiger partial charge is 0.465 e. The van der Waals surface area contributed by atoms with Crippen LogP contribution in [0.4, 0.5) is 4.79 Å². The fourth-order valence-corrected chi connectivity index (χ4v) is 1.88. The molecular weight excluding hydrogens is 234 g/mol. The second kappa shape index (κ2) is 7.24. The third-order valence-electron chi connectivity index (χ3n) is 2.91. The average Bonchev–Trinajstić information content (AvgIpc) is 2.36. The van der Waals surface area contributed by atoms with Crippen molar-refractivity contribution in [3.05, 3.63) is 0 Å². The zero-order valence-corrected chi connectivity index (χ0v) is 11.5. The summed E-state index contributed by atoms with van der Waals surface area (Å²) in [6, 6.07) is 0. The van der Waals surface area contributed by atoms with E-state index in [9.17, 15) is 9.59 Å². The van der Waals surface area contributed by atoms with Crippen molar-refractivity contribution in [2.45, 2.75) is 33.6 Å². The number of nitrogens with zero attached hydrogens (tertiary/aromatic N) is 1. The number of hydrogen-bond acceptors (Lipinski definition) is 4. The molecule has 1 aliphatic rings. The van der Waals surface area contributed by atoms with Crippen molar-refractivity contribution in [2.24, 2.45) is 11.8 Å². The van der Waals surface area contributed by atoms with Crippen molar-refractivity contribution in [2.75, 3.05) is 26.3 Å². The Hall–Kier alpha value is -1.26. The summed E-state index contributed by atoms with van der Waals surface area (Å²) in [6.07, 6.45) is 1.04. The molecule has 0 atom stereocenters. The molecule has 5 heteroatoms. The summed E-state index contributed by atoms with van der Waals surface area (Å²) in [5, 5.41) is 0. The SMILES string of the molecule is CCOC(=O)N1CCC(C(=O)OCC(C)C)CC1. The van der Waals surface area contributed by atoms with Crippen LogP contribution in [0.5, 0.6) is 0 Å². The molecule has 5 nitrogen and oxygen atoms in total. The highest BCUT2D eigenvalue weighted by Crippen LogP contribution is 2.19. The molecule has 1 aliphatic heterocycles. The first kappa shape index (κ1) is 14.8. The molecule has 18 heavy (non-hydrogen) atoms. The number of carbonyl (C=O) groups is 2. The Morgan fingerprint density at radius 1 is 1.22 bits per heavy atom. The van der Waals surface area contributed by atoms with Crippen LogP contribution in [0.2, 0.25) is 0 Å². The molecule has 0 bridgehead atoms. The van der Waals surface area contributed by atoms with Gasteiger partial charge in [0, 0.05) is 13.1 Å². The Labute approximate surface area is 108 Å². The van der Waals surface area contributed by atoms with Crippen molar-refractivity contribution in [3.8, 4) is 0 Å². The molecular formula is C13H23NO4. The summed E-state index contributed by atoms with van der Waals surface area (Å²) in [5.74, 6) is 0.148. The second-order valence-corrected chi connectivity index (χ2v) is 4.98. The van der Waals surface area contributed by atoms with Crippen LogP contribution in [0.15, 0.2) is 0 Å². The van der Waals surface area contributed by atoms with Crippen molar-refractivity contribution < 1.29 is 19.1 Å². The van der Waals surface area contributed by atoms with Crippen LogP contribution in [0, 0.1) is 11.8 Å². The Morgan fingerprint density at radius 2 is 1.83 bits per heavy atom. The van der Waals surface area contributed by atoms with E-state index >= 15 is 0 Å². The van der Waals surface area contributed by atoms with E-state index in [1.54, 1.807) is 11.8 Å². The minimum atomic E-state index is -0.286. The van der Waals surface area contributed by atoms with Crippen LogP contribution in [0.1, 0.15) is 33.6 Å². The van der Waals surface area contributed by atoms with E-state index in [4.69, 9.17) is 9.47 Å². The van der Waals surface area contributed by atoms with Gasteiger partial charge in [0.25, 0.3) is 0 Å². The van der Waals surface area contributed by atoms with Gasteiger partial charge in [-0.25, -0.2) is 4.79 Å². The predicted molar refractivity (Wildman–Crippen MR) is 67.1 cm³/mol. The maximum Gasteiger partial charge on any atom is 0.409 e. The highest BCUT2D eigenvalue weighted by Gasteiger charge is 2.28. The summed E-state index contributed by atoms with van der Waals surface area (Å²) < 4.78 is 10.1. The third-order valence-corrected chi connectivity index (χ3v) is 2.91. The quantitative estimate of drug-likeness (QED) is 0.723. The van der Waals surface area contributed by atoms with E-state index in [1.807, 2.05) is 13.8 Å². The molecule has 0 aromatic carbocycles. The lowest BCUT2D eigenvalue weighted by molar-refractivity contribution is -0.151. The lowest BCUT2D eigenvalue weighted by atomic mass is 9.97. The maximum atomic E-state index is 11.7.